The molecule has 0 bridgehead atoms. The second-order valence-corrected chi connectivity index (χ2v) is 3.84. The number of hydrogen-bond donors (Lipinski definition) is 1. The maximum atomic E-state index is 9.10. The number of rotatable bonds is 0. The van der Waals surface area contributed by atoms with E-state index >= 15 is 0 Å². The Balaban J connectivity index is 2.53. The SMILES string of the molecule is N#Cc1ccc2c(c1)[nH]c1cccc(C#N)c12. The molecule has 3 nitrogen and oxygen atoms in total. The van der Waals surface area contributed by atoms with Crippen molar-refractivity contribution < 1.29 is 0 Å². The molecule has 0 spiro atoms. The molecule has 0 aliphatic carbocycles. The molecule has 0 aliphatic heterocycles. The minimum atomic E-state index is 0.613. The van der Waals surface area contributed by atoms with Crippen LogP contribution in [0.2, 0.25) is 0 Å². The van der Waals surface area contributed by atoms with Crippen LogP contribution in [0, 0.1) is 22.7 Å². The van der Waals surface area contributed by atoms with Crippen LogP contribution >= 0.6 is 0 Å². The second-order valence-electron chi connectivity index (χ2n) is 3.84. The number of nitrogens with one attached hydrogen (secondary N) is 1. The predicted octanol–water partition coefficient (Wildman–Crippen LogP) is 3.06. The zero-order valence-electron chi connectivity index (χ0n) is 8.86. The summed E-state index contributed by atoms with van der Waals surface area (Å²) in [6, 6.07) is 15.3. The first-order valence-electron chi connectivity index (χ1n) is 5.18. The number of aromatic nitrogens is 1. The van der Waals surface area contributed by atoms with E-state index in [4.69, 9.17) is 10.5 Å². The van der Waals surface area contributed by atoms with Gasteiger partial charge in [-0.2, -0.15) is 10.5 Å². The highest BCUT2D eigenvalue weighted by molar-refractivity contribution is 6.10. The van der Waals surface area contributed by atoms with Gasteiger partial charge >= 0.3 is 0 Å². The van der Waals surface area contributed by atoms with Crippen LogP contribution in [0.4, 0.5) is 0 Å². The lowest BCUT2D eigenvalue weighted by Crippen LogP contribution is -1.76. The number of nitriles is 2. The lowest BCUT2D eigenvalue weighted by atomic mass is 10.1. The number of benzene rings is 2. The van der Waals surface area contributed by atoms with Gasteiger partial charge in [-0.1, -0.05) is 12.1 Å². The largest absolute Gasteiger partial charge is 0.354 e. The van der Waals surface area contributed by atoms with Gasteiger partial charge < -0.3 is 4.98 Å². The first-order chi connectivity index (χ1) is 8.33. The van der Waals surface area contributed by atoms with Gasteiger partial charge in [0, 0.05) is 21.8 Å². The summed E-state index contributed by atoms with van der Waals surface area (Å²) in [7, 11) is 0. The van der Waals surface area contributed by atoms with Crippen molar-refractivity contribution in [1.29, 1.82) is 10.5 Å². The molecule has 1 aromatic heterocycles. The van der Waals surface area contributed by atoms with Gasteiger partial charge in [-0.05, 0) is 24.3 Å². The van der Waals surface area contributed by atoms with Crippen molar-refractivity contribution in [2.24, 2.45) is 0 Å². The molecule has 0 aliphatic rings. The van der Waals surface area contributed by atoms with E-state index in [0.717, 1.165) is 21.8 Å². The summed E-state index contributed by atoms with van der Waals surface area (Å²) in [5.41, 5.74) is 3.08. The second kappa shape index (κ2) is 3.37. The van der Waals surface area contributed by atoms with Crippen LogP contribution in [-0.4, -0.2) is 4.98 Å². The predicted molar refractivity (Wildman–Crippen MR) is 65.2 cm³/mol. The average molecular weight is 217 g/mol. The lowest BCUT2D eigenvalue weighted by Gasteiger charge is -1.93. The summed E-state index contributed by atoms with van der Waals surface area (Å²) >= 11 is 0. The van der Waals surface area contributed by atoms with Gasteiger partial charge in [-0.15, -0.1) is 0 Å². The molecule has 0 saturated carbocycles. The molecule has 0 radical (unpaired) electrons. The van der Waals surface area contributed by atoms with E-state index in [0.29, 0.717) is 11.1 Å². The van der Waals surface area contributed by atoms with E-state index in [1.807, 2.05) is 18.2 Å². The first-order valence-corrected chi connectivity index (χ1v) is 5.18. The zero-order valence-corrected chi connectivity index (χ0v) is 8.86. The van der Waals surface area contributed by atoms with Gasteiger partial charge in [0.25, 0.3) is 0 Å². The number of hydrogen-bond acceptors (Lipinski definition) is 2. The van der Waals surface area contributed by atoms with Crippen molar-refractivity contribution >= 4 is 21.8 Å². The molecule has 0 saturated heterocycles. The Bertz CT molecular complexity index is 813. The minimum absolute atomic E-state index is 0.613. The summed E-state index contributed by atoms with van der Waals surface area (Å²) < 4.78 is 0. The average Bonchev–Trinajstić information content (AvgIpc) is 2.75. The minimum Gasteiger partial charge on any atom is -0.354 e. The molecule has 3 rings (SSSR count). The number of H-pyrrole nitrogens is 1. The summed E-state index contributed by atoms with van der Waals surface area (Å²) in [6.07, 6.45) is 0. The maximum absolute atomic E-state index is 9.10. The molecule has 0 fully saturated rings. The van der Waals surface area contributed by atoms with E-state index in [9.17, 15) is 0 Å². The fourth-order valence-electron chi connectivity index (χ4n) is 2.12. The highest BCUT2D eigenvalue weighted by Gasteiger charge is 2.08. The van der Waals surface area contributed by atoms with Gasteiger partial charge in [0.05, 0.1) is 23.3 Å². The van der Waals surface area contributed by atoms with Crippen LogP contribution in [0.25, 0.3) is 21.8 Å². The Morgan fingerprint density at radius 1 is 0.941 bits per heavy atom. The van der Waals surface area contributed by atoms with E-state index in [1.165, 1.54) is 0 Å². The van der Waals surface area contributed by atoms with Crippen LogP contribution in [0.1, 0.15) is 11.1 Å². The molecule has 0 atom stereocenters. The fourth-order valence-corrected chi connectivity index (χ4v) is 2.12. The molecule has 1 heterocycles. The number of nitrogens with zero attached hydrogens (tertiary/aromatic N) is 2. The Hall–Kier alpha value is -2.78. The van der Waals surface area contributed by atoms with Crippen LogP contribution in [0.5, 0.6) is 0 Å². The summed E-state index contributed by atoms with van der Waals surface area (Å²) in [4.78, 5) is 3.23. The quantitative estimate of drug-likeness (QED) is 0.629. The van der Waals surface area contributed by atoms with Crippen molar-refractivity contribution in [2.75, 3.05) is 0 Å². The maximum Gasteiger partial charge on any atom is 0.0998 e. The monoisotopic (exact) mass is 217 g/mol. The van der Waals surface area contributed by atoms with Crippen LogP contribution in [0.15, 0.2) is 36.4 Å². The van der Waals surface area contributed by atoms with Gasteiger partial charge in [0.15, 0.2) is 0 Å². The third kappa shape index (κ3) is 1.27. The molecule has 17 heavy (non-hydrogen) atoms. The third-order valence-corrected chi connectivity index (χ3v) is 2.87. The van der Waals surface area contributed by atoms with E-state index in [1.54, 1.807) is 18.2 Å². The first kappa shape index (κ1) is 9.45. The Morgan fingerprint density at radius 2 is 1.82 bits per heavy atom. The smallest absolute Gasteiger partial charge is 0.0998 e. The lowest BCUT2D eigenvalue weighted by molar-refractivity contribution is 1.48. The van der Waals surface area contributed by atoms with Crippen molar-refractivity contribution in [1.82, 2.24) is 4.98 Å². The van der Waals surface area contributed by atoms with Gasteiger partial charge in [-0.25, -0.2) is 0 Å². The summed E-state index contributed by atoms with van der Waals surface area (Å²) in [5, 5.41) is 19.9. The molecule has 3 heteroatoms. The molecule has 1 N–H and O–H groups in total. The Morgan fingerprint density at radius 3 is 2.59 bits per heavy atom. The van der Waals surface area contributed by atoms with Gasteiger partial charge in [0.1, 0.15) is 0 Å². The Labute approximate surface area is 97.5 Å². The van der Waals surface area contributed by atoms with E-state index in [-0.39, 0.29) is 0 Å². The van der Waals surface area contributed by atoms with E-state index in [2.05, 4.69) is 17.1 Å². The summed E-state index contributed by atoms with van der Waals surface area (Å²) in [6.45, 7) is 0. The molecular weight excluding hydrogens is 210 g/mol. The van der Waals surface area contributed by atoms with Crippen molar-refractivity contribution in [3.8, 4) is 12.1 Å². The molecule has 3 aromatic rings. The van der Waals surface area contributed by atoms with Crippen molar-refractivity contribution in [3.05, 3.63) is 47.5 Å². The zero-order chi connectivity index (χ0) is 11.8. The van der Waals surface area contributed by atoms with Crippen molar-refractivity contribution in [3.63, 3.8) is 0 Å². The highest BCUT2D eigenvalue weighted by atomic mass is 14.7. The third-order valence-electron chi connectivity index (χ3n) is 2.87. The Kier molecular flexibility index (Phi) is 1.87. The van der Waals surface area contributed by atoms with Gasteiger partial charge in [-0.3, -0.25) is 0 Å². The number of fused-ring (bicyclic) bond motifs is 3. The van der Waals surface area contributed by atoms with E-state index < -0.39 is 0 Å². The molecular formula is C14H7N3. The molecule has 0 amide bonds. The molecule has 78 valence electrons. The molecule has 0 unspecified atom stereocenters. The van der Waals surface area contributed by atoms with Crippen LogP contribution in [0.3, 0.4) is 0 Å². The topological polar surface area (TPSA) is 63.4 Å². The van der Waals surface area contributed by atoms with Crippen LogP contribution < -0.4 is 0 Å². The van der Waals surface area contributed by atoms with Crippen LogP contribution in [-0.2, 0) is 0 Å². The standard InChI is InChI=1S/C14H7N3/c15-7-9-4-5-11-13(6-9)17-12-3-1-2-10(8-16)14(11)12/h1-6,17H. The fraction of sp³-hybridized carbons (Fsp3) is 0. The van der Waals surface area contributed by atoms with Crippen molar-refractivity contribution in [2.45, 2.75) is 0 Å². The number of aromatic amines is 1. The highest BCUT2D eigenvalue weighted by Crippen LogP contribution is 2.28. The van der Waals surface area contributed by atoms with Gasteiger partial charge in [0.2, 0.25) is 0 Å². The normalized spacial score (nSPS) is 10.2. The summed E-state index contributed by atoms with van der Waals surface area (Å²) in [5.74, 6) is 0. The molecule has 2 aromatic carbocycles.